The molecule has 3 nitrogen and oxygen atoms in total. The number of halogens is 2. The maximum Gasteiger partial charge on any atom is 0.134 e. The SMILES string of the molecule is Cc1ccc(F)c(C(O)CCc2ccnn2C)c1F. The molecule has 19 heavy (non-hydrogen) atoms. The van der Waals surface area contributed by atoms with Crippen LogP contribution in [0.4, 0.5) is 8.78 Å². The lowest BCUT2D eigenvalue weighted by Gasteiger charge is -2.14. The number of hydrogen-bond acceptors (Lipinski definition) is 2. The van der Waals surface area contributed by atoms with E-state index < -0.39 is 17.7 Å². The second kappa shape index (κ2) is 5.48. The lowest BCUT2D eigenvalue weighted by atomic mass is 10.0. The molecule has 0 saturated carbocycles. The first-order chi connectivity index (χ1) is 9.00. The fourth-order valence-electron chi connectivity index (χ4n) is 2.06. The molecule has 2 aromatic rings. The normalized spacial score (nSPS) is 12.7. The van der Waals surface area contributed by atoms with E-state index in [1.165, 1.54) is 12.1 Å². The molecule has 1 atom stereocenters. The zero-order valence-electron chi connectivity index (χ0n) is 10.9. The van der Waals surface area contributed by atoms with Gasteiger partial charge in [-0.25, -0.2) is 8.78 Å². The van der Waals surface area contributed by atoms with E-state index in [0.717, 1.165) is 5.69 Å². The summed E-state index contributed by atoms with van der Waals surface area (Å²) >= 11 is 0. The fraction of sp³-hybridized carbons (Fsp3) is 0.357. The van der Waals surface area contributed by atoms with E-state index in [2.05, 4.69) is 5.10 Å². The van der Waals surface area contributed by atoms with Gasteiger partial charge < -0.3 is 5.11 Å². The van der Waals surface area contributed by atoms with Crippen molar-refractivity contribution < 1.29 is 13.9 Å². The molecular formula is C14H16F2N2O. The van der Waals surface area contributed by atoms with Gasteiger partial charge in [-0.15, -0.1) is 0 Å². The lowest BCUT2D eigenvalue weighted by molar-refractivity contribution is 0.157. The van der Waals surface area contributed by atoms with Gasteiger partial charge in [-0.2, -0.15) is 5.10 Å². The van der Waals surface area contributed by atoms with Gasteiger partial charge in [-0.05, 0) is 37.5 Å². The van der Waals surface area contributed by atoms with Crippen molar-refractivity contribution in [3.8, 4) is 0 Å². The summed E-state index contributed by atoms with van der Waals surface area (Å²) in [6, 6.07) is 4.36. The minimum absolute atomic E-state index is 0.247. The first-order valence-corrected chi connectivity index (χ1v) is 6.10. The second-order valence-corrected chi connectivity index (χ2v) is 4.59. The van der Waals surface area contributed by atoms with Crippen LogP contribution in [0.3, 0.4) is 0 Å². The monoisotopic (exact) mass is 266 g/mol. The molecule has 0 aliphatic rings. The van der Waals surface area contributed by atoms with E-state index in [1.54, 1.807) is 24.9 Å². The Kier molecular flexibility index (Phi) is 3.95. The molecule has 0 saturated heterocycles. The summed E-state index contributed by atoms with van der Waals surface area (Å²) in [4.78, 5) is 0. The predicted molar refractivity (Wildman–Crippen MR) is 67.6 cm³/mol. The van der Waals surface area contributed by atoms with Crippen LogP contribution in [0.1, 0.15) is 29.3 Å². The van der Waals surface area contributed by atoms with Gasteiger partial charge in [0, 0.05) is 18.9 Å². The van der Waals surface area contributed by atoms with Gasteiger partial charge >= 0.3 is 0 Å². The van der Waals surface area contributed by atoms with Crippen LogP contribution < -0.4 is 0 Å². The second-order valence-electron chi connectivity index (χ2n) is 4.59. The Labute approximate surface area is 110 Å². The van der Waals surface area contributed by atoms with Crippen LogP contribution in [0.15, 0.2) is 24.4 Å². The van der Waals surface area contributed by atoms with Crippen molar-refractivity contribution in [2.24, 2.45) is 7.05 Å². The van der Waals surface area contributed by atoms with E-state index in [1.807, 2.05) is 6.07 Å². The van der Waals surface area contributed by atoms with Crippen LogP contribution in [0, 0.1) is 18.6 Å². The van der Waals surface area contributed by atoms with Crippen molar-refractivity contribution in [3.63, 3.8) is 0 Å². The number of aliphatic hydroxyl groups is 1. The maximum atomic E-state index is 13.8. The third-order valence-electron chi connectivity index (χ3n) is 3.25. The van der Waals surface area contributed by atoms with Crippen LogP contribution in [-0.2, 0) is 13.5 Å². The van der Waals surface area contributed by atoms with Gasteiger partial charge in [0.1, 0.15) is 11.6 Å². The van der Waals surface area contributed by atoms with Crippen molar-refractivity contribution in [1.29, 1.82) is 0 Å². The summed E-state index contributed by atoms with van der Waals surface area (Å²) in [5.74, 6) is -1.38. The Morgan fingerprint density at radius 1 is 1.32 bits per heavy atom. The first kappa shape index (κ1) is 13.7. The summed E-state index contributed by atoms with van der Waals surface area (Å²) in [6.45, 7) is 1.55. The minimum Gasteiger partial charge on any atom is -0.388 e. The number of nitrogens with zero attached hydrogens (tertiary/aromatic N) is 2. The quantitative estimate of drug-likeness (QED) is 0.924. The molecule has 0 fully saturated rings. The zero-order valence-corrected chi connectivity index (χ0v) is 10.9. The molecule has 1 N–H and O–H groups in total. The Morgan fingerprint density at radius 2 is 2.05 bits per heavy atom. The third-order valence-corrected chi connectivity index (χ3v) is 3.25. The van der Waals surface area contributed by atoms with Gasteiger partial charge in [-0.3, -0.25) is 4.68 Å². The zero-order chi connectivity index (χ0) is 14.0. The number of aromatic nitrogens is 2. The summed E-state index contributed by atoms with van der Waals surface area (Å²) in [7, 11) is 1.79. The molecule has 1 heterocycles. The fourth-order valence-corrected chi connectivity index (χ4v) is 2.06. The van der Waals surface area contributed by atoms with E-state index in [0.29, 0.717) is 12.0 Å². The maximum absolute atomic E-state index is 13.8. The van der Waals surface area contributed by atoms with E-state index in [-0.39, 0.29) is 12.0 Å². The minimum atomic E-state index is -1.16. The van der Waals surface area contributed by atoms with Crippen LogP contribution >= 0.6 is 0 Å². The van der Waals surface area contributed by atoms with Crippen molar-refractivity contribution in [3.05, 3.63) is 52.9 Å². The van der Waals surface area contributed by atoms with Crippen LogP contribution in [-0.4, -0.2) is 14.9 Å². The number of hydrogen-bond donors (Lipinski definition) is 1. The molecule has 5 heteroatoms. The molecular weight excluding hydrogens is 250 g/mol. The summed E-state index contributed by atoms with van der Waals surface area (Å²) < 4.78 is 29.1. The summed E-state index contributed by atoms with van der Waals surface area (Å²) in [5, 5.41) is 14.0. The van der Waals surface area contributed by atoms with E-state index >= 15 is 0 Å². The Bertz CT molecular complexity index is 581. The molecule has 0 spiro atoms. The van der Waals surface area contributed by atoms with Gasteiger partial charge in [-0.1, -0.05) is 6.07 Å². The molecule has 102 valence electrons. The summed E-state index contributed by atoms with van der Waals surface area (Å²) in [6.07, 6.45) is 1.24. The van der Waals surface area contributed by atoms with Gasteiger partial charge in [0.15, 0.2) is 0 Å². The molecule has 0 bridgehead atoms. The topological polar surface area (TPSA) is 38.1 Å². The average Bonchev–Trinajstić information content (AvgIpc) is 2.77. The highest BCUT2D eigenvalue weighted by molar-refractivity contribution is 5.28. The van der Waals surface area contributed by atoms with Crippen LogP contribution in [0.2, 0.25) is 0 Å². The standard InChI is InChI=1S/C14H16F2N2O/c1-9-3-5-11(15)13(14(9)16)12(19)6-4-10-7-8-17-18(10)2/h3,5,7-8,12,19H,4,6H2,1-2H3. The Hall–Kier alpha value is -1.75. The molecule has 1 aromatic carbocycles. The molecule has 0 aliphatic carbocycles. The molecule has 0 aliphatic heterocycles. The van der Waals surface area contributed by atoms with Crippen molar-refractivity contribution >= 4 is 0 Å². The highest BCUT2D eigenvalue weighted by atomic mass is 19.1. The molecule has 0 radical (unpaired) electrons. The van der Waals surface area contributed by atoms with Gasteiger partial charge in [0.2, 0.25) is 0 Å². The molecule has 1 aromatic heterocycles. The largest absolute Gasteiger partial charge is 0.388 e. The van der Waals surface area contributed by atoms with Crippen LogP contribution in [0.25, 0.3) is 0 Å². The first-order valence-electron chi connectivity index (χ1n) is 6.10. The van der Waals surface area contributed by atoms with Crippen molar-refractivity contribution in [1.82, 2.24) is 9.78 Å². The van der Waals surface area contributed by atoms with E-state index in [9.17, 15) is 13.9 Å². The smallest absolute Gasteiger partial charge is 0.134 e. The van der Waals surface area contributed by atoms with Gasteiger partial charge in [0.25, 0.3) is 0 Å². The number of rotatable bonds is 4. The van der Waals surface area contributed by atoms with E-state index in [4.69, 9.17) is 0 Å². The van der Waals surface area contributed by atoms with Crippen LogP contribution in [0.5, 0.6) is 0 Å². The van der Waals surface area contributed by atoms with Crippen molar-refractivity contribution in [2.75, 3.05) is 0 Å². The molecule has 2 rings (SSSR count). The number of aryl methyl sites for hydroxylation is 3. The predicted octanol–water partition coefficient (Wildman–Crippen LogP) is 2.67. The lowest BCUT2D eigenvalue weighted by Crippen LogP contribution is -2.08. The number of benzene rings is 1. The Balaban J connectivity index is 2.14. The highest BCUT2D eigenvalue weighted by Crippen LogP contribution is 2.26. The third kappa shape index (κ3) is 2.81. The van der Waals surface area contributed by atoms with Gasteiger partial charge in [0.05, 0.1) is 11.7 Å². The Morgan fingerprint density at radius 3 is 2.68 bits per heavy atom. The molecule has 0 amide bonds. The summed E-state index contributed by atoms with van der Waals surface area (Å²) in [5.41, 5.74) is 0.991. The average molecular weight is 266 g/mol. The number of aliphatic hydroxyl groups excluding tert-OH is 1. The molecule has 1 unspecified atom stereocenters. The van der Waals surface area contributed by atoms with Crippen molar-refractivity contribution in [2.45, 2.75) is 25.9 Å². The highest BCUT2D eigenvalue weighted by Gasteiger charge is 2.19.